The Balaban J connectivity index is 2.00. The van der Waals surface area contributed by atoms with Gasteiger partial charge in [0, 0.05) is 28.1 Å². The molecule has 0 spiro atoms. The highest BCUT2D eigenvalue weighted by molar-refractivity contribution is 9.10. The standard InChI is InChI=1S/C15H12BrClFNO/c16-8-4-5-9-12(19)7-14(20-13(9)6-8)10-2-1-3-11(17)15(10)18/h1-6,12,14H,7,19H2/t12-,14?/m1/s1. The molecule has 5 heteroatoms. The third-order valence-corrected chi connectivity index (χ3v) is 4.23. The van der Waals surface area contributed by atoms with Crippen LogP contribution in [0.4, 0.5) is 4.39 Å². The van der Waals surface area contributed by atoms with E-state index in [0.717, 1.165) is 10.0 Å². The zero-order chi connectivity index (χ0) is 14.3. The van der Waals surface area contributed by atoms with Crippen molar-refractivity contribution < 1.29 is 9.13 Å². The summed E-state index contributed by atoms with van der Waals surface area (Å²) in [7, 11) is 0. The van der Waals surface area contributed by atoms with E-state index >= 15 is 0 Å². The van der Waals surface area contributed by atoms with Crippen molar-refractivity contribution in [2.45, 2.75) is 18.6 Å². The normalized spacial score (nSPS) is 21.2. The van der Waals surface area contributed by atoms with Crippen LogP contribution in [-0.4, -0.2) is 0 Å². The number of halogens is 3. The zero-order valence-corrected chi connectivity index (χ0v) is 12.8. The lowest BCUT2D eigenvalue weighted by Gasteiger charge is -2.31. The van der Waals surface area contributed by atoms with Crippen molar-refractivity contribution in [3.63, 3.8) is 0 Å². The first-order valence-electron chi connectivity index (χ1n) is 6.22. The minimum atomic E-state index is -0.440. The average molecular weight is 357 g/mol. The van der Waals surface area contributed by atoms with Gasteiger partial charge in [-0.15, -0.1) is 0 Å². The summed E-state index contributed by atoms with van der Waals surface area (Å²) >= 11 is 9.22. The number of hydrogen-bond donors (Lipinski definition) is 1. The summed E-state index contributed by atoms with van der Waals surface area (Å²) in [6, 6.07) is 10.4. The van der Waals surface area contributed by atoms with Gasteiger partial charge in [0.2, 0.25) is 0 Å². The summed E-state index contributed by atoms with van der Waals surface area (Å²) in [5, 5.41) is 0.0970. The highest BCUT2D eigenvalue weighted by Crippen LogP contribution is 2.41. The van der Waals surface area contributed by atoms with Crippen LogP contribution in [0.15, 0.2) is 40.9 Å². The molecule has 2 aromatic rings. The molecule has 20 heavy (non-hydrogen) atoms. The third kappa shape index (κ3) is 2.43. The molecule has 0 saturated carbocycles. The van der Waals surface area contributed by atoms with Crippen LogP contribution in [0.25, 0.3) is 0 Å². The summed E-state index contributed by atoms with van der Waals surface area (Å²) in [6.07, 6.45) is 0.0943. The molecule has 0 aliphatic carbocycles. The number of hydrogen-bond acceptors (Lipinski definition) is 2. The molecule has 104 valence electrons. The third-order valence-electron chi connectivity index (χ3n) is 3.44. The number of fused-ring (bicyclic) bond motifs is 1. The molecular formula is C15H12BrClFNO. The molecule has 2 N–H and O–H groups in total. The molecule has 2 atom stereocenters. The van der Waals surface area contributed by atoms with Crippen LogP contribution < -0.4 is 10.5 Å². The number of nitrogens with two attached hydrogens (primary N) is 1. The van der Waals surface area contributed by atoms with Gasteiger partial charge in [-0.05, 0) is 18.2 Å². The molecule has 0 radical (unpaired) electrons. The summed E-state index contributed by atoms with van der Waals surface area (Å²) < 4.78 is 20.9. The first-order chi connectivity index (χ1) is 9.56. The fourth-order valence-electron chi connectivity index (χ4n) is 2.44. The van der Waals surface area contributed by atoms with Gasteiger partial charge in [-0.3, -0.25) is 0 Å². The molecule has 1 aliphatic rings. The van der Waals surface area contributed by atoms with Crippen molar-refractivity contribution in [2.24, 2.45) is 5.73 Å². The number of ether oxygens (including phenoxy) is 1. The Labute approximate surface area is 129 Å². The Hall–Kier alpha value is -1.10. The Morgan fingerprint density at radius 2 is 2.05 bits per heavy atom. The Kier molecular flexibility index (Phi) is 3.71. The monoisotopic (exact) mass is 355 g/mol. The van der Waals surface area contributed by atoms with Gasteiger partial charge in [0.05, 0.1) is 5.02 Å². The van der Waals surface area contributed by atoms with Crippen molar-refractivity contribution in [2.75, 3.05) is 0 Å². The highest BCUT2D eigenvalue weighted by atomic mass is 79.9. The second kappa shape index (κ2) is 5.35. The lowest BCUT2D eigenvalue weighted by atomic mass is 9.93. The second-order valence-electron chi connectivity index (χ2n) is 4.77. The maximum absolute atomic E-state index is 14.1. The fraction of sp³-hybridized carbons (Fsp3) is 0.200. The molecule has 0 bridgehead atoms. The SMILES string of the molecule is N[C@@H]1CC(c2cccc(Cl)c2F)Oc2cc(Br)ccc21. The molecule has 2 nitrogen and oxygen atoms in total. The van der Waals surface area contributed by atoms with Crippen LogP contribution in [0, 0.1) is 5.82 Å². The zero-order valence-electron chi connectivity index (χ0n) is 10.4. The van der Waals surface area contributed by atoms with E-state index in [1.807, 2.05) is 18.2 Å². The molecule has 1 unspecified atom stereocenters. The second-order valence-corrected chi connectivity index (χ2v) is 6.10. The maximum atomic E-state index is 14.1. The molecule has 2 aromatic carbocycles. The van der Waals surface area contributed by atoms with E-state index in [1.54, 1.807) is 12.1 Å². The van der Waals surface area contributed by atoms with E-state index in [9.17, 15) is 4.39 Å². The average Bonchev–Trinajstić information content (AvgIpc) is 2.41. The quantitative estimate of drug-likeness (QED) is 0.799. The summed E-state index contributed by atoms with van der Waals surface area (Å²) in [4.78, 5) is 0. The minimum absolute atomic E-state index is 0.0970. The first-order valence-corrected chi connectivity index (χ1v) is 7.39. The molecule has 0 amide bonds. The Morgan fingerprint density at radius 3 is 2.85 bits per heavy atom. The molecule has 0 fully saturated rings. The van der Waals surface area contributed by atoms with E-state index in [2.05, 4.69) is 15.9 Å². The van der Waals surface area contributed by atoms with E-state index in [0.29, 0.717) is 17.7 Å². The molecule has 1 aliphatic heterocycles. The predicted molar refractivity (Wildman–Crippen MR) is 80.5 cm³/mol. The van der Waals surface area contributed by atoms with Gasteiger partial charge in [0.25, 0.3) is 0 Å². The van der Waals surface area contributed by atoms with Crippen LogP contribution in [0.5, 0.6) is 5.75 Å². The topological polar surface area (TPSA) is 35.2 Å². The van der Waals surface area contributed by atoms with Crippen molar-refractivity contribution in [1.82, 2.24) is 0 Å². The molecule has 0 saturated heterocycles. The van der Waals surface area contributed by atoms with Gasteiger partial charge < -0.3 is 10.5 Å². The van der Waals surface area contributed by atoms with Crippen molar-refractivity contribution in [3.8, 4) is 5.75 Å². The maximum Gasteiger partial charge on any atom is 0.148 e. The van der Waals surface area contributed by atoms with Gasteiger partial charge in [-0.2, -0.15) is 0 Å². The van der Waals surface area contributed by atoms with E-state index < -0.39 is 11.9 Å². The largest absolute Gasteiger partial charge is 0.485 e. The van der Waals surface area contributed by atoms with E-state index in [4.69, 9.17) is 22.1 Å². The van der Waals surface area contributed by atoms with Gasteiger partial charge >= 0.3 is 0 Å². The Bertz CT molecular complexity index is 664. The number of rotatable bonds is 1. The van der Waals surface area contributed by atoms with Gasteiger partial charge in [0.1, 0.15) is 17.7 Å². The van der Waals surface area contributed by atoms with Crippen molar-refractivity contribution >= 4 is 27.5 Å². The summed E-state index contributed by atoms with van der Waals surface area (Å²) in [5.41, 5.74) is 7.54. The fourth-order valence-corrected chi connectivity index (χ4v) is 2.96. The minimum Gasteiger partial charge on any atom is -0.485 e. The van der Waals surface area contributed by atoms with E-state index in [1.165, 1.54) is 6.07 Å². The molecule has 0 aromatic heterocycles. The van der Waals surface area contributed by atoms with Crippen molar-refractivity contribution in [3.05, 3.63) is 62.8 Å². The number of benzene rings is 2. The lowest BCUT2D eigenvalue weighted by molar-refractivity contribution is 0.157. The van der Waals surface area contributed by atoms with E-state index in [-0.39, 0.29) is 11.1 Å². The lowest BCUT2D eigenvalue weighted by Crippen LogP contribution is -2.24. The highest BCUT2D eigenvalue weighted by Gasteiger charge is 2.29. The van der Waals surface area contributed by atoms with Gasteiger partial charge in [-0.1, -0.05) is 45.7 Å². The predicted octanol–water partition coefficient (Wildman–Crippen LogP) is 4.77. The molecule has 1 heterocycles. The summed E-state index contributed by atoms with van der Waals surface area (Å²) in [5.74, 6) is 0.243. The molecule has 3 rings (SSSR count). The molecular weight excluding hydrogens is 345 g/mol. The Morgan fingerprint density at radius 1 is 1.25 bits per heavy atom. The smallest absolute Gasteiger partial charge is 0.148 e. The van der Waals surface area contributed by atoms with Gasteiger partial charge in [-0.25, -0.2) is 4.39 Å². The van der Waals surface area contributed by atoms with Crippen molar-refractivity contribution in [1.29, 1.82) is 0 Å². The van der Waals surface area contributed by atoms with Crippen LogP contribution in [0.2, 0.25) is 5.02 Å². The first kappa shape index (κ1) is 13.9. The summed E-state index contributed by atoms with van der Waals surface area (Å²) in [6.45, 7) is 0. The van der Waals surface area contributed by atoms with Crippen LogP contribution in [0.3, 0.4) is 0 Å². The van der Waals surface area contributed by atoms with Gasteiger partial charge in [0.15, 0.2) is 0 Å². The van der Waals surface area contributed by atoms with Crippen LogP contribution in [0.1, 0.15) is 29.7 Å². The van der Waals surface area contributed by atoms with Crippen LogP contribution in [-0.2, 0) is 0 Å². The van der Waals surface area contributed by atoms with Crippen LogP contribution >= 0.6 is 27.5 Å².